The number of hydrogen-bond donors (Lipinski definition) is 2. The number of halogens is 2. The third kappa shape index (κ3) is 5.21. The second kappa shape index (κ2) is 7.87. The molecule has 136 valence electrons. The van der Waals surface area contributed by atoms with Crippen molar-refractivity contribution in [2.24, 2.45) is 5.41 Å². The normalized spacial score (nSPS) is 20.1. The topological polar surface area (TPSA) is 46.9 Å². The minimum Gasteiger partial charge on any atom is -0.391 e. The molecule has 4 nitrogen and oxygen atoms in total. The van der Waals surface area contributed by atoms with E-state index in [1.807, 2.05) is 25.7 Å². The Kier molecular flexibility index (Phi) is 6.31. The monoisotopic (exact) mass is 342 g/mol. The van der Waals surface area contributed by atoms with Crippen molar-refractivity contribution >= 4 is 0 Å². The molecule has 24 heavy (non-hydrogen) atoms. The van der Waals surface area contributed by atoms with Crippen molar-refractivity contribution in [2.45, 2.75) is 33.0 Å². The Labute approximate surface area is 142 Å². The summed E-state index contributed by atoms with van der Waals surface area (Å²) in [6.45, 7) is 9.95. The highest BCUT2D eigenvalue weighted by Crippen LogP contribution is 2.22. The van der Waals surface area contributed by atoms with Gasteiger partial charge in [-0.1, -0.05) is 20.8 Å². The number of rotatable bonds is 5. The summed E-state index contributed by atoms with van der Waals surface area (Å²) >= 11 is 0. The van der Waals surface area contributed by atoms with Crippen LogP contribution in [0, 0.1) is 17.0 Å². The quantitative estimate of drug-likeness (QED) is 0.860. The molecule has 0 bridgehead atoms. The van der Waals surface area contributed by atoms with E-state index in [0.29, 0.717) is 6.54 Å². The number of nitrogens with zero attached hydrogens (tertiary/aromatic N) is 2. The fourth-order valence-corrected chi connectivity index (χ4v) is 2.79. The molecular formula is C18H28F2N2O2. The van der Waals surface area contributed by atoms with Crippen molar-refractivity contribution < 1.29 is 19.0 Å². The fraction of sp³-hybridized carbons (Fsp3) is 0.667. The Morgan fingerprint density at radius 2 is 1.54 bits per heavy atom. The van der Waals surface area contributed by atoms with Gasteiger partial charge in [0, 0.05) is 44.8 Å². The Hall–Kier alpha value is -1.08. The molecule has 0 spiro atoms. The van der Waals surface area contributed by atoms with Gasteiger partial charge in [-0.2, -0.15) is 0 Å². The van der Waals surface area contributed by atoms with Gasteiger partial charge in [0.2, 0.25) is 0 Å². The van der Waals surface area contributed by atoms with Gasteiger partial charge in [-0.3, -0.25) is 9.80 Å². The van der Waals surface area contributed by atoms with Gasteiger partial charge >= 0.3 is 0 Å². The average molecular weight is 342 g/mol. The lowest BCUT2D eigenvalue weighted by molar-refractivity contribution is 0.00695. The van der Waals surface area contributed by atoms with E-state index in [0.717, 1.165) is 44.4 Å². The molecule has 1 aromatic carbocycles. The van der Waals surface area contributed by atoms with Crippen LogP contribution in [0.4, 0.5) is 8.78 Å². The molecular weight excluding hydrogens is 314 g/mol. The molecule has 0 saturated carbocycles. The molecule has 2 N–H and O–H groups in total. The van der Waals surface area contributed by atoms with Crippen LogP contribution in [0.5, 0.6) is 0 Å². The summed E-state index contributed by atoms with van der Waals surface area (Å²) in [6, 6.07) is 3.14. The highest BCUT2D eigenvalue weighted by atomic mass is 19.1. The van der Waals surface area contributed by atoms with Crippen molar-refractivity contribution in [3.63, 3.8) is 0 Å². The molecule has 6 heteroatoms. The van der Waals surface area contributed by atoms with Crippen LogP contribution in [0.1, 0.15) is 32.4 Å². The lowest BCUT2D eigenvalue weighted by atomic mass is 9.89. The maximum absolute atomic E-state index is 13.7. The van der Waals surface area contributed by atoms with Gasteiger partial charge in [-0.05, 0) is 23.6 Å². The van der Waals surface area contributed by atoms with E-state index in [1.165, 1.54) is 0 Å². The second-order valence-corrected chi connectivity index (χ2v) is 7.66. The van der Waals surface area contributed by atoms with E-state index in [4.69, 9.17) is 0 Å². The summed E-state index contributed by atoms with van der Waals surface area (Å²) in [5, 5.41) is 20.4. The van der Waals surface area contributed by atoms with Crippen molar-refractivity contribution in [2.75, 3.05) is 39.3 Å². The van der Waals surface area contributed by atoms with E-state index in [2.05, 4.69) is 4.90 Å². The van der Waals surface area contributed by atoms with Crippen molar-refractivity contribution in [3.8, 4) is 0 Å². The first-order valence-corrected chi connectivity index (χ1v) is 8.42. The lowest BCUT2D eigenvalue weighted by Crippen LogP contribution is -2.50. The average Bonchev–Trinajstić information content (AvgIpc) is 2.50. The van der Waals surface area contributed by atoms with Crippen molar-refractivity contribution in [1.82, 2.24) is 9.80 Å². The van der Waals surface area contributed by atoms with Crippen LogP contribution in [0.2, 0.25) is 0 Å². The molecule has 1 heterocycles. The SMILES string of the molecule is CC(C)(C)[C@@H](O)CN1CCN(C[C@H](O)c2cc(F)ccc2F)CC1. The van der Waals surface area contributed by atoms with E-state index >= 15 is 0 Å². The van der Waals surface area contributed by atoms with Gasteiger partial charge < -0.3 is 10.2 Å². The Morgan fingerprint density at radius 3 is 2.08 bits per heavy atom. The minimum atomic E-state index is -1.05. The summed E-state index contributed by atoms with van der Waals surface area (Å²) in [5.41, 5.74) is -0.150. The zero-order valence-corrected chi connectivity index (χ0v) is 14.7. The second-order valence-electron chi connectivity index (χ2n) is 7.66. The van der Waals surface area contributed by atoms with Crippen LogP contribution in [0.15, 0.2) is 18.2 Å². The lowest BCUT2D eigenvalue weighted by Gasteiger charge is -2.38. The summed E-state index contributed by atoms with van der Waals surface area (Å²) in [6.07, 6.45) is -1.44. The smallest absolute Gasteiger partial charge is 0.129 e. The van der Waals surface area contributed by atoms with Gasteiger partial charge in [-0.15, -0.1) is 0 Å². The van der Waals surface area contributed by atoms with Gasteiger partial charge in [0.05, 0.1) is 12.2 Å². The number of piperazine rings is 1. The number of β-amino-alcohol motifs (C(OH)–C–C–N with tert-alkyl or cyclic N) is 2. The molecule has 1 aliphatic heterocycles. The number of benzene rings is 1. The summed E-state index contributed by atoms with van der Waals surface area (Å²) in [7, 11) is 0. The fourth-order valence-electron chi connectivity index (χ4n) is 2.79. The molecule has 0 aromatic heterocycles. The maximum atomic E-state index is 13.7. The summed E-state index contributed by atoms with van der Waals surface area (Å²) in [5.74, 6) is -1.14. The van der Waals surface area contributed by atoms with Crippen LogP contribution >= 0.6 is 0 Å². The van der Waals surface area contributed by atoms with Crippen LogP contribution < -0.4 is 0 Å². The Bertz CT molecular complexity index is 540. The van der Waals surface area contributed by atoms with E-state index in [1.54, 1.807) is 0 Å². The minimum absolute atomic E-state index is 0.000541. The van der Waals surface area contributed by atoms with Crippen LogP contribution in [-0.4, -0.2) is 65.4 Å². The van der Waals surface area contributed by atoms with Crippen LogP contribution in [0.3, 0.4) is 0 Å². The molecule has 2 atom stereocenters. The molecule has 1 fully saturated rings. The zero-order valence-electron chi connectivity index (χ0n) is 14.7. The van der Waals surface area contributed by atoms with Gasteiger partial charge in [-0.25, -0.2) is 8.78 Å². The molecule has 0 unspecified atom stereocenters. The van der Waals surface area contributed by atoms with Gasteiger partial charge in [0.1, 0.15) is 11.6 Å². The first-order chi connectivity index (χ1) is 11.2. The van der Waals surface area contributed by atoms with Crippen molar-refractivity contribution in [3.05, 3.63) is 35.4 Å². The van der Waals surface area contributed by atoms with E-state index < -0.39 is 23.8 Å². The summed E-state index contributed by atoms with van der Waals surface area (Å²) in [4.78, 5) is 4.23. The highest BCUT2D eigenvalue weighted by molar-refractivity contribution is 5.21. The molecule has 1 saturated heterocycles. The number of hydrogen-bond acceptors (Lipinski definition) is 4. The third-order valence-corrected chi connectivity index (χ3v) is 4.64. The largest absolute Gasteiger partial charge is 0.391 e. The predicted octanol–water partition coefficient (Wildman–Crippen LogP) is 2.02. The molecule has 1 aromatic rings. The van der Waals surface area contributed by atoms with E-state index in [-0.39, 0.29) is 17.5 Å². The third-order valence-electron chi connectivity index (χ3n) is 4.64. The molecule has 0 radical (unpaired) electrons. The standard InChI is InChI=1S/C18H28F2N2O2/c1-18(2,3)17(24)12-22-8-6-21(7-9-22)11-16(23)14-10-13(19)4-5-15(14)20/h4-5,10,16-17,23-24H,6-9,11-12H2,1-3H3/t16-,17-/m0/s1. The van der Waals surface area contributed by atoms with Gasteiger partial charge in [0.25, 0.3) is 0 Å². The first-order valence-electron chi connectivity index (χ1n) is 8.42. The van der Waals surface area contributed by atoms with E-state index in [9.17, 15) is 19.0 Å². The Balaban J connectivity index is 1.83. The van der Waals surface area contributed by atoms with Crippen molar-refractivity contribution in [1.29, 1.82) is 0 Å². The zero-order chi connectivity index (χ0) is 17.9. The number of aliphatic hydroxyl groups excluding tert-OH is 2. The van der Waals surface area contributed by atoms with Crippen LogP contribution in [0.25, 0.3) is 0 Å². The molecule has 2 rings (SSSR count). The Morgan fingerprint density at radius 1 is 1.00 bits per heavy atom. The predicted molar refractivity (Wildman–Crippen MR) is 89.7 cm³/mol. The van der Waals surface area contributed by atoms with Gasteiger partial charge in [0.15, 0.2) is 0 Å². The maximum Gasteiger partial charge on any atom is 0.129 e. The van der Waals surface area contributed by atoms with Crippen LogP contribution in [-0.2, 0) is 0 Å². The number of aliphatic hydroxyl groups is 2. The first kappa shape index (κ1) is 19.2. The molecule has 0 amide bonds. The molecule has 0 aliphatic carbocycles. The summed E-state index contributed by atoms with van der Waals surface area (Å²) < 4.78 is 26.9. The molecule has 1 aliphatic rings. The highest BCUT2D eigenvalue weighted by Gasteiger charge is 2.27.